The minimum Gasteiger partial charge on any atom is -0.497 e. The molecule has 3 nitrogen and oxygen atoms in total. The maximum atomic E-state index is 5.38. The summed E-state index contributed by atoms with van der Waals surface area (Å²) in [5.41, 5.74) is 2.16. The highest BCUT2D eigenvalue weighted by Crippen LogP contribution is 2.31. The van der Waals surface area contributed by atoms with Crippen LogP contribution in [0, 0.1) is 3.57 Å². The zero-order valence-corrected chi connectivity index (χ0v) is 14.0. The molecular formula is C16H18INO2. The third-order valence-electron chi connectivity index (χ3n) is 3.15. The van der Waals surface area contributed by atoms with Gasteiger partial charge in [0.15, 0.2) is 0 Å². The van der Waals surface area contributed by atoms with E-state index in [1.54, 1.807) is 14.2 Å². The minimum absolute atomic E-state index is 0.188. The Morgan fingerprint density at radius 3 is 2.30 bits per heavy atom. The lowest BCUT2D eigenvalue weighted by molar-refractivity contribution is 0.404. The van der Waals surface area contributed by atoms with Gasteiger partial charge in [-0.15, -0.1) is 0 Å². The smallest absolute Gasteiger partial charge is 0.142 e. The van der Waals surface area contributed by atoms with Crippen molar-refractivity contribution in [1.29, 1.82) is 0 Å². The van der Waals surface area contributed by atoms with E-state index in [0.717, 1.165) is 17.2 Å². The van der Waals surface area contributed by atoms with Crippen molar-refractivity contribution in [3.05, 3.63) is 51.6 Å². The van der Waals surface area contributed by atoms with E-state index in [-0.39, 0.29) is 6.04 Å². The standard InChI is InChI=1S/C16H18INO2/c1-11(12-4-6-13(17)7-5-12)18-15-10-14(19-2)8-9-16(15)20-3/h4-11,18H,1-3H3. The van der Waals surface area contributed by atoms with E-state index < -0.39 is 0 Å². The number of hydrogen-bond donors (Lipinski definition) is 1. The molecule has 2 aromatic carbocycles. The molecule has 1 N–H and O–H groups in total. The van der Waals surface area contributed by atoms with E-state index >= 15 is 0 Å². The Morgan fingerprint density at radius 1 is 1.00 bits per heavy atom. The number of ether oxygens (including phenoxy) is 2. The summed E-state index contributed by atoms with van der Waals surface area (Å²) in [4.78, 5) is 0. The van der Waals surface area contributed by atoms with Crippen LogP contribution in [0.25, 0.3) is 0 Å². The highest BCUT2D eigenvalue weighted by molar-refractivity contribution is 14.1. The van der Waals surface area contributed by atoms with Gasteiger partial charge in [0.05, 0.1) is 19.9 Å². The summed E-state index contributed by atoms with van der Waals surface area (Å²) in [7, 11) is 3.33. The SMILES string of the molecule is COc1ccc(OC)c(NC(C)c2ccc(I)cc2)c1. The van der Waals surface area contributed by atoms with Crippen molar-refractivity contribution in [3.8, 4) is 11.5 Å². The lowest BCUT2D eigenvalue weighted by atomic mass is 10.1. The largest absolute Gasteiger partial charge is 0.497 e. The van der Waals surface area contributed by atoms with Crippen LogP contribution in [0.3, 0.4) is 0 Å². The third-order valence-corrected chi connectivity index (χ3v) is 3.87. The molecule has 0 bridgehead atoms. The molecule has 0 spiro atoms. The second kappa shape index (κ2) is 6.83. The van der Waals surface area contributed by atoms with E-state index in [1.807, 2.05) is 18.2 Å². The molecule has 0 saturated heterocycles. The second-order valence-corrected chi connectivity index (χ2v) is 5.73. The number of benzene rings is 2. The lowest BCUT2D eigenvalue weighted by Crippen LogP contribution is -2.07. The number of anilines is 1. The molecule has 2 rings (SSSR count). The Bertz CT molecular complexity index is 569. The summed E-state index contributed by atoms with van der Waals surface area (Å²) in [6.45, 7) is 2.13. The van der Waals surface area contributed by atoms with Crippen LogP contribution in [0.2, 0.25) is 0 Å². The molecule has 0 saturated carbocycles. The molecule has 1 atom stereocenters. The van der Waals surface area contributed by atoms with Gasteiger partial charge in [-0.05, 0) is 59.3 Å². The normalized spacial score (nSPS) is 11.8. The van der Waals surface area contributed by atoms with E-state index in [9.17, 15) is 0 Å². The first-order valence-corrected chi connectivity index (χ1v) is 7.46. The van der Waals surface area contributed by atoms with Crippen molar-refractivity contribution in [1.82, 2.24) is 0 Å². The number of rotatable bonds is 5. The average Bonchev–Trinajstić information content (AvgIpc) is 2.47. The van der Waals surface area contributed by atoms with E-state index in [1.165, 1.54) is 9.13 Å². The summed E-state index contributed by atoms with van der Waals surface area (Å²) >= 11 is 2.31. The van der Waals surface area contributed by atoms with Gasteiger partial charge >= 0.3 is 0 Å². The molecule has 0 fully saturated rings. The molecular weight excluding hydrogens is 365 g/mol. The van der Waals surface area contributed by atoms with Gasteiger partial charge in [0.25, 0.3) is 0 Å². The fraction of sp³-hybridized carbons (Fsp3) is 0.250. The van der Waals surface area contributed by atoms with Crippen molar-refractivity contribution in [2.75, 3.05) is 19.5 Å². The summed E-state index contributed by atoms with van der Waals surface area (Å²) < 4.78 is 11.9. The second-order valence-electron chi connectivity index (χ2n) is 4.48. The van der Waals surface area contributed by atoms with Gasteiger partial charge in [-0.25, -0.2) is 0 Å². The summed E-state index contributed by atoms with van der Waals surface area (Å²) in [6.07, 6.45) is 0. The quantitative estimate of drug-likeness (QED) is 0.773. The maximum Gasteiger partial charge on any atom is 0.142 e. The van der Waals surface area contributed by atoms with Crippen molar-refractivity contribution in [3.63, 3.8) is 0 Å². The van der Waals surface area contributed by atoms with Crippen molar-refractivity contribution in [2.45, 2.75) is 13.0 Å². The van der Waals surface area contributed by atoms with Gasteiger partial charge < -0.3 is 14.8 Å². The molecule has 4 heteroatoms. The minimum atomic E-state index is 0.188. The Kier molecular flexibility index (Phi) is 5.11. The molecule has 1 unspecified atom stereocenters. The van der Waals surface area contributed by atoms with Crippen LogP contribution in [0.1, 0.15) is 18.5 Å². The van der Waals surface area contributed by atoms with Gasteiger partial charge in [-0.2, -0.15) is 0 Å². The highest BCUT2D eigenvalue weighted by atomic mass is 127. The number of halogens is 1. The van der Waals surface area contributed by atoms with Gasteiger partial charge in [-0.3, -0.25) is 0 Å². The molecule has 0 aliphatic heterocycles. The molecule has 2 aromatic rings. The Hall–Kier alpha value is -1.43. The first-order chi connectivity index (χ1) is 9.63. The van der Waals surface area contributed by atoms with E-state index in [0.29, 0.717) is 0 Å². The monoisotopic (exact) mass is 383 g/mol. The van der Waals surface area contributed by atoms with Gasteiger partial charge in [0, 0.05) is 15.7 Å². The summed E-state index contributed by atoms with van der Waals surface area (Å²) in [5.74, 6) is 1.62. The fourth-order valence-corrected chi connectivity index (χ4v) is 2.35. The third kappa shape index (κ3) is 3.56. The Labute approximate surface area is 133 Å². The average molecular weight is 383 g/mol. The van der Waals surface area contributed by atoms with Crippen molar-refractivity contribution >= 4 is 28.3 Å². The summed E-state index contributed by atoms with van der Waals surface area (Å²) in [6, 6.07) is 14.4. The van der Waals surface area contributed by atoms with Crippen LogP contribution in [-0.4, -0.2) is 14.2 Å². The number of nitrogens with one attached hydrogen (secondary N) is 1. The van der Waals surface area contributed by atoms with Crippen molar-refractivity contribution in [2.24, 2.45) is 0 Å². The Balaban J connectivity index is 2.21. The van der Waals surface area contributed by atoms with E-state index in [2.05, 4.69) is 59.1 Å². The fourth-order valence-electron chi connectivity index (χ4n) is 1.99. The van der Waals surface area contributed by atoms with Crippen LogP contribution >= 0.6 is 22.6 Å². The number of hydrogen-bond acceptors (Lipinski definition) is 3. The molecule has 0 amide bonds. The molecule has 0 radical (unpaired) electrons. The first-order valence-electron chi connectivity index (χ1n) is 6.38. The van der Waals surface area contributed by atoms with Gasteiger partial charge in [-0.1, -0.05) is 12.1 Å². The zero-order chi connectivity index (χ0) is 14.5. The molecule has 106 valence electrons. The zero-order valence-electron chi connectivity index (χ0n) is 11.8. The van der Waals surface area contributed by atoms with Crippen LogP contribution < -0.4 is 14.8 Å². The highest BCUT2D eigenvalue weighted by Gasteiger charge is 2.10. The van der Waals surface area contributed by atoms with Crippen molar-refractivity contribution < 1.29 is 9.47 Å². The topological polar surface area (TPSA) is 30.5 Å². The van der Waals surface area contributed by atoms with Crippen LogP contribution in [0.5, 0.6) is 11.5 Å². The molecule has 0 heterocycles. The van der Waals surface area contributed by atoms with Gasteiger partial charge in [0.1, 0.15) is 11.5 Å². The predicted octanol–water partition coefficient (Wildman–Crippen LogP) is 4.48. The molecule has 0 aliphatic rings. The predicted molar refractivity (Wildman–Crippen MR) is 90.7 cm³/mol. The van der Waals surface area contributed by atoms with Crippen LogP contribution in [0.15, 0.2) is 42.5 Å². The summed E-state index contributed by atoms with van der Waals surface area (Å²) in [5, 5.41) is 3.46. The Morgan fingerprint density at radius 2 is 1.70 bits per heavy atom. The maximum absolute atomic E-state index is 5.38. The van der Waals surface area contributed by atoms with Crippen LogP contribution in [0.4, 0.5) is 5.69 Å². The lowest BCUT2D eigenvalue weighted by Gasteiger charge is -2.18. The van der Waals surface area contributed by atoms with E-state index in [4.69, 9.17) is 9.47 Å². The molecule has 20 heavy (non-hydrogen) atoms. The number of methoxy groups -OCH3 is 2. The van der Waals surface area contributed by atoms with Crippen LogP contribution in [-0.2, 0) is 0 Å². The molecule has 0 aliphatic carbocycles. The van der Waals surface area contributed by atoms with Gasteiger partial charge in [0.2, 0.25) is 0 Å². The first kappa shape index (κ1) is 15.0. The molecule has 0 aromatic heterocycles.